The van der Waals surface area contributed by atoms with Crippen LogP contribution in [-0.4, -0.2) is 32.4 Å². The zero-order chi connectivity index (χ0) is 17.3. The molecule has 0 unspecified atom stereocenters. The number of phenolic OH excluding ortho intramolecular Hbond substituents is 1. The quantitative estimate of drug-likeness (QED) is 0.869. The van der Waals surface area contributed by atoms with Crippen LogP contribution >= 0.6 is 0 Å². The Morgan fingerprint density at radius 3 is 2.38 bits per heavy atom. The summed E-state index contributed by atoms with van der Waals surface area (Å²) in [7, 11) is 4.47. The van der Waals surface area contributed by atoms with Crippen LogP contribution in [0.15, 0.2) is 30.3 Å². The molecule has 0 amide bonds. The van der Waals surface area contributed by atoms with Crippen molar-refractivity contribution < 1.29 is 28.8 Å². The van der Waals surface area contributed by atoms with Gasteiger partial charge in [0, 0.05) is 6.42 Å². The summed E-state index contributed by atoms with van der Waals surface area (Å²) in [5.74, 6) is 0.374. The van der Waals surface area contributed by atoms with Crippen LogP contribution in [0.2, 0.25) is 0 Å². The molecule has 1 heterocycles. The topological polar surface area (TPSA) is 74.2 Å². The highest BCUT2D eigenvalue weighted by Crippen LogP contribution is 2.45. The van der Waals surface area contributed by atoms with Gasteiger partial charge in [0.2, 0.25) is 5.75 Å². The first-order chi connectivity index (χ1) is 11.6. The number of ether oxygens (including phenoxy) is 4. The number of hydrogen-bond acceptors (Lipinski definition) is 6. The second-order valence-electron chi connectivity index (χ2n) is 5.37. The molecule has 1 aliphatic rings. The van der Waals surface area contributed by atoms with Crippen LogP contribution in [0.5, 0.6) is 23.0 Å². The van der Waals surface area contributed by atoms with Gasteiger partial charge in [0.05, 0.1) is 21.3 Å². The minimum absolute atomic E-state index is 0.121. The van der Waals surface area contributed by atoms with Crippen molar-refractivity contribution in [2.75, 3.05) is 21.3 Å². The summed E-state index contributed by atoms with van der Waals surface area (Å²) in [5.41, 5.74) is 1.63. The lowest BCUT2D eigenvalue weighted by Gasteiger charge is -2.26. The number of esters is 1. The van der Waals surface area contributed by atoms with Crippen LogP contribution in [0, 0.1) is 0 Å². The summed E-state index contributed by atoms with van der Waals surface area (Å²) in [6, 6.07) is 9.02. The molecular weight excluding hydrogens is 312 g/mol. The molecule has 3 rings (SSSR count). The molecule has 2 aromatic carbocycles. The van der Waals surface area contributed by atoms with Crippen molar-refractivity contribution in [3.63, 3.8) is 0 Å². The molecule has 1 aliphatic heterocycles. The van der Waals surface area contributed by atoms with Gasteiger partial charge in [-0.25, -0.2) is 4.79 Å². The van der Waals surface area contributed by atoms with Crippen molar-refractivity contribution in [2.45, 2.75) is 12.5 Å². The number of fused-ring (bicyclic) bond motifs is 1. The van der Waals surface area contributed by atoms with Crippen molar-refractivity contribution in [1.29, 1.82) is 0 Å². The molecule has 0 aromatic heterocycles. The second kappa shape index (κ2) is 6.31. The van der Waals surface area contributed by atoms with E-state index in [1.54, 1.807) is 13.2 Å². The molecule has 0 radical (unpaired) electrons. The smallest absolute Gasteiger partial charge is 0.342 e. The number of carbonyl (C=O) groups is 1. The van der Waals surface area contributed by atoms with E-state index in [4.69, 9.17) is 18.9 Å². The van der Waals surface area contributed by atoms with Crippen LogP contribution in [0.4, 0.5) is 0 Å². The highest BCUT2D eigenvalue weighted by Gasteiger charge is 2.33. The monoisotopic (exact) mass is 330 g/mol. The molecule has 0 bridgehead atoms. The number of aromatic hydroxyl groups is 1. The van der Waals surface area contributed by atoms with E-state index in [1.807, 2.05) is 24.3 Å². The van der Waals surface area contributed by atoms with Crippen molar-refractivity contribution in [2.24, 2.45) is 0 Å². The number of carbonyl (C=O) groups excluding carboxylic acids is 1. The van der Waals surface area contributed by atoms with Gasteiger partial charge in [-0.3, -0.25) is 0 Å². The first kappa shape index (κ1) is 16.0. The molecular formula is C18H18O6. The van der Waals surface area contributed by atoms with Gasteiger partial charge in [0.25, 0.3) is 0 Å². The Bertz CT molecular complexity index is 766. The molecule has 1 N–H and O–H groups in total. The van der Waals surface area contributed by atoms with Crippen molar-refractivity contribution in [3.05, 3.63) is 47.0 Å². The summed E-state index contributed by atoms with van der Waals surface area (Å²) in [4.78, 5) is 12.4. The van der Waals surface area contributed by atoms with E-state index in [9.17, 15) is 9.90 Å². The van der Waals surface area contributed by atoms with E-state index < -0.39 is 12.1 Å². The third-order valence-electron chi connectivity index (χ3n) is 4.07. The molecule has 126 valence electrons. The van der Waals surface area contributed by atoms with Gasteiger partial charge in [0.1, 0.15) is 17.4 Å². The molecule has 0 spiro atoms. The Hall–Kier alpha value is -2.89. The molecule has 6 nitrogen and oxygen atoms in total. The van der Waals surface area contributed by atoms with E-state index in [1.165, 1.54) is 14.2 Å². The average Bonchev–Trinajstić information content (AvgIpc) is 2.60. The highest BCUT2D eigenvalue weighted by molar-refractivity contribution is 5.97. The third kappa shape index (κ3) is 2.60. The third-order valence-corrected chi connectivity index (χ3v) is 4.07. The number of cyclic esters (lactones) is 1. The van der Waals surface area contributed by atoms with Crippen molar-refractivity contribution in [3.8, 4) is 23.0 Å². The lowest BCUT2D eigenvalue weighted by atomic mass is 9.93. The molecule has 0 aliphatic carbocycles. The fourth-order valence-electron chi connectivity index (χ4n) is 2.85. The predicted molar refractivity (Wildman–Crippen MR) is 86.1 cm³/mol. The Kier molecular flexibility index (Phi) is 4.20. The van der Waals surface area contributed by atoms with E-state index in [0.29, 0.717) is 17.7 Å². The first-order valence-corrected chi connectivity index (χ1v) is 7.40. The maximum Gasteiger partial charge on any atom is 0.342 e. The lowest BCUT2D eigenvalue weighted by Crippen LogP contribution is -2.22. The summed E-state index contributed by atoms with van der Waals surface area (Å²) in [6.07, 6.45) is -0.00480. The van der Waals surface area contributed by atoms with Crippen LogP contribution in [0.1, 0.15) is 27.6 Å². The zero-order valence-electron chi connectivity index (χ0n) is 13.7. The highest BCUT2D eigenvalue weighted by atomic mass is 16.5. The Morgan fingerprint density at radius 2 is 1.79 bits per heavy atom. The second-order valence-corrected chi connectivity index (χ2v) is 5.37. The minimum atomic E-state index is -0.587. The molecule has 6 heteroatoms. The zero-order valence-corrected chi connectivity index (χ0v) is 13.7. The molecule has 1 atom stereocenters. The molecule has 24 heavy (non-hydrogen) atoms. The molecule has 0 fully saturated rings. The number of phenols is 1. The Labute approximate surface area is 139 Å². The number of rotatable bonds is 4. The van der Waals surface area contributed by atoms with Gasteiger partial charge in [0.15, 0.2) is 11.5 Å². The maximum atomic E-state index is 12.4. The van der Waals surface area contributed by atoms with Crippen LogP contribution < -0.4 is 14.2 Å². The molecule has 0 saturated heterocycles. The van der Waals surface area contributed by atoms with Crippen molar-refractivity contribution >= 4 is 5.97 Å². The van der Waals surface area contributed by atoms with Crippen molar-refractivity contribution in [1.82, 2.24) is 0 Å². The largest absolute Gasteiger partial charge is 0.504 e. The van der Waals surface area contributed by atoms with E-state index in [2.05, 4.69) is 0 Å². The van der Waals surface area contributed by atoms with Gasteiger partial charge in [-0.15, -0.1) is 0 Å². The van der Waals surface area contributed by atoms with Crippen LogP contribution in [0.3, 0.4) is 0 Å². The fourth-order valence-corrected chi connectivity index (χ4v) is 2.85. The molecule has 0 saturated carbocycles. The van der Waals surface area contributed by atoms with Crippen LogP contribution in [-0.2, 0) is 11.2 Å². The van der Waals surface area contributed by atoms with E-state index in [0.717, 1.165) is 11.3 Å². The predicted octanol–water partition coefficient (Wildman–Crippen LogP) is 2.87. The summed E-state index contributed by atoms with van der Waals surface area (Å²) in [5, 5.41) is 10.3. The van der Waals surface area contributed by atoms with Gasteiger partial charge in [-0.05, 0) is 29.3 Å². The fraction of sp³-hybridized carbons (Fsp3) is 0.278. The summed E-state index contributed by atoms with van der Waals surface area (Å²) in [6.45, 7) is 0. The van der Waals surface area contributed by atoms with Gasteiger partial charge >= 0.3 is 5.97 Å². The van der Waals surface area contributed by atoms with Gasteiger partial charge in [-0.2, -0.15) is 0 Å². The minimum Gasteiger partial charge on any atom is -0.504 e. The van der Waals surface area contributed by atoms with Gasteiger partial charge < -0.3 is 24.1 Å². The number of methoxy groups -OCH3 is 3. The van der Waals surface area contributed by atoms with E-state index in [-0.39, 0.29) is 17.1 Å². The normalized spacial score (nSPS) is 16.1. The molecule has 2 aromatic rings. The number of benzene rings is 2. The first-order valence-electron chi connectivity index (χ1n) is 7.40. The van der Waals surface area contributed by atoms with E-state index >= 15 is 0 Å². The van der Waals surface area contributed by atoms with Crippen LogP contribution in [0.25, 0.3) is 0 Å². The average molecular weight is 330 g/mol. The Balaban J connectivity index is 2.00. The SMILES string of the molecule is COc1ccc([C@H]2Cc3cc(OC)c(OC)c(O)c3C(=O)O2)cc1. The van der Waals surface area contributed by atoms with Gasteiger partial charge in [-0.1, -0.05) is 12.1 Å². The maximum absolute atomic E-state index is 12.4. The summed E-state index contributed by atoms with van der Waals surface area (Å²) < 4.78 is 21.0. The summed E-state index contributed by atoms with van der Waals surface area (Å²) >= 11 is 0. The lowest BCUT2D eigenvalue weighted by molar-refractivity contribution is 0.0247. The number of hydrogen-bond donors (Lipinski definition) is 1. The standard InChI is InChI=1S/C18H18O6/c1-21-12-6-4-10(5-7-12)13-8-11-9-14(22-2)17(23-3)16(19)15(11)18(20)24-13/h4-7,9,13,19H,8H2,1-3H3/t13-/m1/s1. The Morgan fingerprint density at radius 1 is 1.08 bits per heavy atom.